The minimum absolute atomic E-state index is 0.203. The topological polar surface area (TPSA) is 35.2 Å². The lowest BCUT2D eigenvalue weighted by Crippen LogP contribution is -2.29. The Bertz CT molecular complexity index is 545. The van der Waals surface area contributed by atoms with E-state index in [-0.39, 0.29) is 17.9 Å². The maximum atomic E-state index is 13.8. The molecule has 2 rings (SSSR count). The number of benzene rings is 2. The van der Waals surface area contributed by atoms with E-state index >= 15 is 0 Å². The summed E-state index contributed by atoms with van der Waals surface area (Å²) in [6, 6.07) is 14.0. The highest BCUT2D eigenvalue weighted by atomic mass is 79.9. The fraction of sp³-hybridized carbons (Fsp3) is 0.200. The van der Waals surface area contributed by atoms with Crippen molar-refractivity contribution < 1.29 is 9.13 Å². The molecule has 2 unspecified atom stereocenters. The van der Waals surface area contributed by atoms with Crippen LogP contribution in [0.4, 0.5) is 4.39 Å². The van der Waals surface area contributed by atoms with Crippen molar-refractivity contribution >= 4 is 15.9 Å². The van der Waals surface area contributed by atoms with Crippen LogP contribution in [0.1, 0.15) is 18.6 Å². The summed E-state index contributed by atoms with van der Waals surface area (Å²) in [7, 11) is 0. The third kappa shape index (κ3) is 3.55. The first kappa shape index (κ1) is 14.0. The van der Waals surface area contributed by atoms with Crippen LogP contribution in [-0.4, -0.2) is 6.04 Å². The predicted molar refractivity (Wildman–Crippen MR) is 77.6 cm³/mol. The summed E-state index contributed by atoms with van der Waals surface area (Å²) < 4.78 is 20.2. The van der Waals surface area contributed by atoms with Gasteiger partial charge in [0.15, 0.2) is 11.6 Å². The molecule has 0 aliphatic carbocycles. The molecule has 0 aliphatic rings. The van der Waals surface area contributed by atoms with Gasteiger partial charge in [-0.2, -0.15) is 0 Å². The fourth-order valence-corrected chi connectivity index (χ4v) is 2.16. The van der Waals surface area contributed by atoms with Gasteiger partial charge in [-0.05, 0) is 30.7 Å². The van der Waals surface area contributed by atoms with Crippen molar-refractivity contribution in [3.63, 3.8) is 0 Å². The number of hydrogen-bond donors (Lipinski definition) is 1. The van der Waals surface area contributed by atoms with Gasteiger partial charge < -0.3 is 10.5 Å². The van der Waals surface area contributed by atoms with E-state index in [4.69, 9.17) is 10.5 Å². The predicted octanol–water partition coefficient (Wildman–Crippen LogP) is 4.06. The highest BCUT2D eigenvalue weighted by molar-refractivity contribution is 9.10. The molecule has 2 N–H and O–H groups in total. The van der Waals surface area contributed by atoms with Gasteiger partial charge in [-0.1, -0.05) is 46.3 Å². The van der Waals surface area contributed by atoms with Gasteiger partial charge in [-0.3, -0.25) is 0 Å². The van der Waals surface area contributed by atoms with Crippen molar-refractivity contribution in [1.29, 1.82) is 0 Å². The molecule has 4 heteroatoms. The summed E-state index contributed by atoms with van der Waals surface area (Å²) in [4.78, 5) is 0. The summed E-state index contributed by atoms with van der Waals surface area (Å²) in [5.41, 5.74) is 6.87. The van der Waals surface area contributed by atoms with Crippen molar-refractivity contribution in [2.45, 2.75) is 19.1 Å². The van der Waals surface area contributed by atoms with Crippen LogP contribution < -0.4 is 10.5 Å². The second-order valence-corrected chi connectivity index (χ2v) is 5.30. The van der Waals surface area contributed by atoms with Gasteiger partial charge in [-0.15, -0.1) is 0 Å². The molecule has 2 aromatic carbocycles. The van der Waals surface area contributed by atoms with Gasteiger partial charge in [0.05, 0.1) is 0 Å². The number of nitrogens with two attached hydrogens (primary N) is 1. The molecule has 0 radical (unpaired) electrons. The van der Waals surface area contributed by atoms with Crippen LogP contribution in [0.15, 0.2) is 53.0 Å². The highest BCUT2D eigenvalue weighted by Crippen LogP contribution is 2.28. The average Bonchev–Trinajstić information content (AvgIpc) is 2.38. The van der Waals surface area contributed by atoms with Crippen LogP contribution in [0.2, 0.25) is 0 Å². The molecule has 0 aliphatic heterocycles. The van der Waals surface area contributed by atoms with Gasteiger partial charge in [0, 0.05) is 10.5 Å². The first-order chi connectivity index (χ1) is 9.08. The Hall–Kier alpha value is -1.39. The summed E-state index contributed by atoms with van der Waals surface area (Å²) in [6.45, 7) is 1.84. The molecule has 2 atom stereocenters. The third-order valence-electron chi connectivity index (χ3n) is 2.75. The minimum Gasteiger partial charge on any atom is -0.481 e. The lowest BCUT2D eigenvalue weighted by molar-refractivity contribution is 0.172. The van der Waals surface area contributed by atoms with Gasteiger partial charge in [-0.25, -0.2) is 4.39 Å². The van der Waals surface area contributed by atoms with Crippen LogP contribution in [0, 0.1) is 5.82 Å². The number of rotatable bonds is 4. The van der Waals surface area contributed by atoms with Crippen molar-refractivity contribution in [2.75, 3.05) is 0 Å². The van der Waals surface area contributed by atoms with Crippen molar-refractivity contribution in [3.8, 4) is 5.75 Å². The Morgan fingerprint density at radius 3 is 2.42 bits per heavy atom. The number of halogens is 2. The van der Waals surface area contributed by atoms with Crippen molar-refractivity contribution in [3.05, 3.63) is 64.4 Å². The molecular formula is C15H15BrFNO. The maximum absolute atomic E-state index is 13.8. The molecule has 2 aromatic rings. The zero-order valence-corrected chi connectivity index (χ0v) is 12.1. The molecule has 0 saturated carbocycles. The number of hydrogen-bond acceptors (Lipinski definition) is 2. The van der Waals surface area contributed by atoms with Crippen LogP contribution in [0.3, 0.4) is 0 Å². The molecule has 0 spiro atoms. The molecule has 100 valence electrons. The van der Waals surface area contributed by atoms with Crippen LogP contribution in [0.25, 0.3) is 0 Å². The Labute approximate surface area is 120 Å². The standard InChI is InChI=1S/C15H15BrFNO/c1-10(18)15(11-5-3-2-4-6-11)19-14-8-7-12(16)9-13(14)17/h2-10,15H,18H2,1H3. The van der Waals surface area contributed by atoms with Gasteiger partial charge in [0.1, 0.15) is 6.10 Å². The Kier molecular flexibility index (Phi) is 4.56. The summed E-state index contributed by atoms with van der Waals surface area (Å²) >= 11 is 3.22. The van der Waals surface area contributed by atoms with E-state index in [0.29, 0.717) is 4.47 Å². The van der Waals surface area contributed by atoms with Gasteiger partial charge >= 0.3 is 0 Å². The second kappa shape index (κ2) is 6.17. The minimum atomic E-state index is -0.407. The largest absolute Gasteiger partial charge is 0.481 e. The molecule has 0 saturated heterocycles. The second-order valence-electron chi connectivity index (χ2n) is 4.38. The molecule has 0 fully saturated rings. The van der Waals surface area contributed by atoms with Gasteiger partial charge in [0.25, 0.3) is 0 Å². The average molecular weight is 324 g/mol. The molecule has 2 nitrogen and oxygen atoms in total. The van der Waals surface area contributed by atoms with E-state index < -0.39 is 5.82 Å². The lowest BCUT2D eigenvalue weighted by atomic mass is 10.0. The van der Waals surface area contributed by atoms with Crippen LogP contribution >= 0.6 is 15.9 Å². The van der Waals surface area contributed by atoms with E-state index in [0.717, 1.165) is 5.56 Å². The van der Waals surface area contributed by atoms with E-state index in [1.807, 2.05) is 37.3 Å². The molecule has 0 aromatic heterocycles. The van der Waals surface area contributed by atoms with E-state index in [1.165, 1.54) is 6.07 Å². The van der Waals surface area contributed by atoms with Crippen LogP contribution in [0.5, 0.6) is 5.75 Å². The third-order valence-corrected chi connectivity index (χ3v) is 3.25. The molecule has 0 bridgehead atoms. The van der Waals surface area contributed by atoms with E-state index in [2.05, 4.69) is 15.9 Å². The highest BCUT2D eigenvalue weighted by Gasteiger charge is 2.19. The van der Waals surface area contributed by atoms with Gasteiger partial charge in [0.2, 0.25) is 0 Å². The zero-order valence-electron chi connectivity index (χ0n) is 10.5. The maximum Gasteiger partial charge on any atom is 0.166 e. The first-order valence-electron chi connectivity index (χ1n) is 6.00. The first-order valence-corrected chi connectivity index (χ1v) is 6.79. The molecule has 0 amide bonds. The Balaban J connectivity index is 2.27. The smallest absolute Gasteiger partial charge is 0.166 e. The number of ether oxygens (including phenoxy) is 1. The zero-order chi connectivity index (χ0) is 13.8. The Morgan fingerprint density at radius 2 is 1.84 bits per heavy atom. The monoisotopic (exact) mass is 323 g/mol. The lowest BCUT2D eigenvalue weighted by Gasteiger charge is -2.23. The summed E-state index contributed by atoms with van der Waals surface area (Å²) in [6.07, 6.45) is -0.378. The quantitative estimate of drug-likeness (QED) is 0.921. The molecule has 0 heterocycles. The molecule has 19 heavy (non-hydrogen) atoms. The summed E-state index contributed by atoms with van der Waals surface area (Å²) in [5, 5.41) is 0. The normalized spacial score (nSPS) is 13.9. The summed E-state index contributed by atoms with van der Waals surface area (Å²) in [5.74, 6) is -0.203. The Morgan fingerprint density at radius 1 is 1.16 bits per heavy atom. The fourth-order valence-electron chi connectivity index (χ4n) is 1.83. The van der Waals surface area contributed by atoms with Crippen LogP contribution in [-0.2, 0) is 0 Å². The molecular weight excluding hydrogens is 309 g/mol. The van der Waals surface area contributed by atoms with Crippen molar-refractivity contribution in [2.24, 2.45) is 5.73 Å². The van der Waals surface area contributed by atoms with E-state index in [9.17, 15) is 4.39 Å². The SMILES string of the molecule is CC(N)C(Oc1ccc(Br)cc1F)c1ccccc1. The van der Waals surface area contributed by atoms with E-state index in [1.54, 1.807) is 12.1 Å². The van der Waals surface area contributed by atoms with Crippen molar-refractivity contribution in [1.82, 2.24) is 0 Å².